The number of nitrogen functional groups attached to an aromatic ring is 1. The average Bonchev–Trinajstić information content (AvgIpc) is 2.25. The molecule has 0 fully saturated rings. The first-order valence-corrected chi connectivity index (χ1v) is 5.70. The molecule has 1 aromatic rings. The minimum atomic E-state index is -1.10. The Hall–Kier alpha value is -2.04. The SMILES string of the molecule is CC(C)(C)C(=O)C1Oc2ccc(N)cc2NC1=O. The molecule has 18 heavy (non-hydrogen) atoms. The van der Waals surface area contributed by atoms with E-state index in [0.717, 1.165) is 0 Å². The Morgan fingerprint density at radius 1 is 1.39 bits per heavy atom. The second-order valence-electron chi connectivity index (χ2n) is 5.36. The molecule has 0 saturated carbocycles. The molecule has 1 aromatic carbocycles. The van der Waals surface area contributed by atoms with Gasteiger partial charge in [0.2, 0.25) is 6.10 Å². The van der Waals surface area contributed by atoms with Crippen LogP contribution in [0.2, 0.25) is 0 Å². The van der Waals surface area contributed by atoms with Crippen molar-refractivity contribution in [3.8, 4) is 5.75 Å². The lowest BCUT2D eigenvalue weighted by Crippen LogP contribution is -2.47. The van der Waals surface area contributed by atoms with Crippen LogP contribution in [0.15, 0.2) is 18.2 Å². The van der Waals surface area contributed by atoms with E-state index in [9.17, 15) is 9.59 Å². The number of amides is 1. The van der Waals surface area contributed by atoms with Gasteiger partial charge in [0.15, 0.2) is 5.78 Å². The van der Waals surface area contributed by atoms with E-state index in [4.69, 9.17) is 10.5 Å². The maximum absolute atomic E-state index is 12.1. The van der Waals surface area contributed by atoms with E-state index >= 15 is 0 Å². The summed E-state index contributed by atoms with van der Waals surface area (Å²) in [7, 11) is 0. The van der Waals surface area contributed by atoms with Crippen LogP contribution in [0.5, 0.6) is 5.75 Å². The maximum Gasteiger partial charge on any atom is 0.273 e. The van der Waals surface area contributed by atoms with Gasteiger partial charge in [-0.2, -0.15) is 0 Å². The first kappa shape index (κ1) is 12.4. The number of hydrogen-bond donors (Lipinski definition) is 2. The smallest absolute Gasteiger partial charge is 0.273 e. The van der Waals surface area contributed by atoms with Gasteiger partial charge < -0.3 is 15.8 Å². The third kappa shape index (κ3) is 2.16. The molecule has 1 aliphatic heterocycles. The van der Waals surface area contributed by atoms with E-state index in [2.05, 4.69) is 5.32 Å². The zero-order valence-corrected chi connectivity index (χ0v) is 10.6. The number of benzene rings is 1. The second kappa shape index (κ2) is 4.01. The Kier molecular flexibility index (Phi) is 2.77. The lowest BCUT2D eigenvalue weighted by atomic mass is 9.87. The molecule has 0 bridgehead atoms. The quantitative estimate of drug-likeness (QED) is 0.584. The van der Waals surface area contributed by atoms with Gasteiger partial charge in [-0.05, 0) is 18.2 Å². The van der Waals surface area contributed by atoms with E-state index in [1.807, 2.05) is 0 Å². The summed E-state index contributed by atoms with van der Waals surface area (Å²) >= 11 is 0. The summed E-state index contributed by atoms with van der Waals surface area (Å²) in [4.78, 5) is 24.0. The topological polar surface area (TPSA) is 81.4 Å². The van der Waals surface area contributed by atoms with Crippen LogP contribution in [-0.4, -0.2) is 17.8 Å². The van der Waals surface area contributed by atoms with Crippen LogP contribution in [0.25, 0.3) is 0 Å². The molecule has 96 valence electrons. The summed E-state index contributed by atoms with van der Waals surface area (Å²) in [5.74, 6) is -0.234. The second-order valence-corrected chi connectivity index (χ2v) is 5.36. The predicted octanol–water partition coefficient (Wildman–Crippen LogP) is 1.58. The van der Waals surface area contributed by atoms with Gasteiger partial charge in [-0.3, -0.25) is 9.59 Å². The lowest BCUT2D eigenvalue weighted by molar-refractivity contribution is -0.140. The van der Waals surface area contributed by atoms with Crippen LogP contribution < -0.4 is 15.8 Å². The number of nitrogens with one attached hydrogen (secondary N) is 1. The Morgan fingerprint density at radius 2 is 2.06 bits per heavy atom. The number of anilines is 2. The van der Waals surface area contributed by atoms with Crippen molar-refractivity contribution in [2.45, 2.75) is 26.9 Å². The largest absolute Gasteiger partial charge is 0.470 e. The van der Waals surface area contributed by atoms with Crippen LogP contribution in [0.1, 0.15) is 20.8 Å². The fraction of sp³-hybridized carbons (Fsp3) is 0.385. The first-order chi connectivity index (χ1) is 8.29. The summed E-state index contributed by atoms with van der Waals surface area (Å²) in [5, 5.41) is 2.64. The predicted molar refractivity (Wildman–Crippen MR) is 68.4 cm³/mol. The minimum absolute atomic E-state index is 0.248. The van der Waals surface area contributed by atoms with Crippen LogP contribution >= 0.6 is 0 Å². The van der Waals surface area contributed by atoms with E-state index in [1.54, 1.807) is 39.0 Å². The highest BCUT2D eigenvalue weighted by Crippen LogP contribution is 2.33. The van der Waals surface area contributed by atoms with Crippen molar-refractivity contribution in [2.75, 3.05) is 11.1 Å². The summed E-state index contributed by atoms with van der Waals surface area (Å²) in [6.07, 6.45) is -1.10. The number of carbonyl (C=O) groups excluding carboxylic acids is 2. The van der Waals surface area contributed by atoms with Crippen molar-refractivity contribution in [3.63, 3.8) is 0 Å². The molecule has 0 aromatic heterocycles. The summed E-state index contributed by atoms with van der Waals surface area (Å²) < 4.78 is 5.47. The molecule has 5 nitrogen and oxygen atoms in total. The molecule has 1 amide bonds. The van der Waals surface area contributed by atoms with Crippen molar-refractivity contribution < 1.29 is 14.3 Å². The van der Waals surface area contributed by atoms with Gasteiger partial charge in [-0.1, -0.05) is 20.8 Å². The minimum Gasteiger partial charge on any atom is -0.470 e. The molecule has 5 heteroatoms. The third-order valence-electron chi connectivity index (χ3n) is 2.72. The molecule has 1 atom stereocenters. The standard InChI is InChI=1S/C13H16N2O3/c1-13(2,3)11(16)10-12(17)15-8-6-7(14)4-5-9(8)18-10/h4-6,10H,14H2,1-3H3,(H,15,17). The molecular formula is C13H16N2O3. The molecule has 2 rings (SSSR count). The number of fused-ring (bicyclic) bond motifs is 1. The number of ether oxygens (including phenoxy) is 1. The number of rotatable bonds is 1. The zero-order valence-electron chi connectivity index (χ0n) is 10.6. The average molecular weight is 248 g/mol. The summed E-state index contributed by atoms with van der Waals surface area (Å²) in [6, 6.07) is 4.91. The van der Waals surface area contributed by atoms with Crippen molar-refractivity contribution in [2.24, 2.45) is 5.41 Å². The third-order valence-corrected chi connectivity index (χ3v) is 2.72. The Balaban J connectivity index is 2.32. The highest BCUT2D eigenvalue weighted by atomic mass is 16.5. The van der Waals surface area contributed by atoms with Crippen molar-refractivity contribution in [1.29, 1.82) is 0 Å². The molecule has 1 unspecified atom stereocenters. The van der Waals surface area contributed by atoms with Crippen LogP contribution in [0.3, 0.4) is 0 Å². The van der Waals surface area contributed by atoms with Crippen molar-refractivity contribution in [3.05, 3.63) is 18.2 Å². The molecule has 1 aliphatic rings. The highest BCUT2D eigenvalue weighted by molar-refractivity contribution is 6.13. The number of carbonyl (C=O) groups is 2. The van der Waals surface area contributed by atoms with Gasteiger partial charge in [-0.25, -0.2) is 0 Å². The summed E-state index contributed by atoms with van der Waals surface area (Å²) in [5.41, 5.74) is 6.01. The number of nitrogens with two attached hydrogens (primary N) is 1. The van der Waals surface area contributed by atoms with Crippen LogP contribution in [-0.2, 0) is 9.59 Å². The maximum atomic E-state index is 12.1. The lowest BCUT2D eigenvalue weighted by Gasteiger charge is -2.29. The zero-order chi connectivity index (χ0) is 13.5. The number of hydrogen-bond acceptors (Lipinski definition) is 4. The van der Waals surface area contributed by atoms with Gasteiger partial charge in [0, 0.05) is 11.1 Å². The van der Waals surface area contributed by atoms with Gasteiger partial charge in [0.1, 0.15) is 5.75 Å². The van der Waals surface area contributed by atoms with Crippen molar-refractivity contribution in [1.82, 2.24) is 0 Å². The van der Waals surface area contributed by atoms with Gasteiger partial charge >= 0.3 is 0 Å². The van der Waals surface area contributed by atoms with E-state index in [-0.39, 0.29) is 5.78 Å². The van der Waals surface area contributed by atoms with E-state index in [1.165, 1.54) is 0 Å². The summed E-state index contributed by atoms with van der Waals surface area (Å²) in [6.45, 7) is 5.26. The van der Waals surface area contributed by atoms with Gasteiger partial charge in [-0.15, -0.1) is 0 Å². The Labute approximate surface area is 105 Å². The molecular weight excluding hydrogens is 232 g/mol. The monoisotopic (exact) mass is 248 g/mol. The molecule has 0 saturated heterocycles. The first-order valence-electron chi connectivity index (χ1n) is 5.70. The molecule has 0 spiro atoms. The molecule has 3 N–H and O–H groups in total. The van der Waals surface area contributed by atoms with E-state index < -0.39 is 17.4 Å². The Morgan fingerprint density at radius 3 is 2.67 bits per heavy atom. The Bertz CT molecular complexity index is 517. The molecule has 0 radical (unpaired) electrons. The fourth-order valence-electron chi connectivity index (χ4n) is 1.69. The normalized spacial score (nSPS) is 18.6. The van der Waals surface area contributed by atoms with Crippen LogP contribution in [0.4, 0.5) is 11.4 Å². The number of Topliss-reactive ketones (excluding diaryl/α,β-unsaturated/α-hetero) is 1. The van der Waals surface area contributed by atoms with E-state index in [0.29, 0.717) is 17.1 Å². The fourth-order valence-corrected chi connectivity index (χ4v) is 1.69. The van der Waals surface area contributed by atoms with Gasteiger partial charge in [0.25, 0.3) is 5.91 Å². The molecule has 0 aliphatic carbocycles. The highest BCUT2D eigenvalue weighted by Gasteiger charge is 2.39. The van der Waals surface area contributed by atoms with Crippen LogP contribution in [0, 0.1) is 5.41 Å². The number of ketones is 1. The van der Waals surface area contributed by atoms with Crippen molar-refractivity contribution >= 4 is 23.1 Å². The molecule has 1 heterocycles. The van der Waals surface area contributed by atoms with Gasteiger partial charge in [0.05, 0.1) is 5.69 Å².